The third kappa shape index (κ3) is 2.30. The Morgan fingerprint density at radius 2 is 2.13 bits per heavy atom. The van der Waals surface area contributed by atoms with Crippen molar-refractivity contribution in [2.75, 3.05) is 0 Å². The van der Waals surface area contributed by atoms with Crippen molar-refractivity contribution in [1.29, 1.82) is 5.26 Å². The molecule has 0 aliphatic heterocycles. The lowest BCUT2D eigenvalue weighted by Gasteiger charge is -2.25. The highest BCUT2D eigenvalue weighted by Crippen LogP contribution is 2.33. The van der Waals surface area contributed by atoms with Crippen molar-refractivity contribution in [3.05, 3.63) is 24.0 Å². The molecule has 2 atom stereocenters. The topological polar surface area (TPSA) is 54.7 Å². The van der Waals surface area contributed by atoms with E-state index in [1.54, 1.807) is 6.07 Å². The monoisotopic (exact) mass is 217 g/mol. The fraction of sp³-hybridized carbons (Fsp3) is 0.444. The highest BCUT2D eigenvalue weighted by atomic mass is 19.4. The smallest absolute Gasteiger partial charge is 0.326 e. The lowest BCUT2D eigenvalue weighted by molar-refractivity contribution is -0.171. The first kappa shape index (κ1) is 11.6. The van der Waals surface area contributed by atoms with E-state index >= 15 is 0 Å². The molecule has 0 amide bonds. The molecular weight excluding hydrogens is 207 g/mol. The van der Waals surface area contributed by atoms with E-state index in [0.29, 0.717) is 0 Å². The van der Waals surface area contributed by atoms with Gasteiger partial charge in [0.05, 0.1) is 0 Å². The van der Waals surface area contributed by atoms with Gasteiger partial charge in [-0.2, -0.15) is 18.4 Å². The number of hydrogen-bond acceptors (Lipinski definition) is 2. The van der Waals surface area contributed by atoms with Gasteiger partial charge in [0, 0.05) is 12.2 Å². The molecular formula is C9H10F3N3. The number of nitrogens with zero attached hydrogens (tertiary/aromatic N) is 2. The van der Waals surface area contributed by atoms with Crippen LogP contribution in [0.1, 0.15) is 18.7 Å². The molecule has 0 spiro atoms. The molecule has 82 valence electrons. The summed E-state index contributed by atoms with van der Waals surface area (Å²) in [6, 6.07) is 1.43. The standard InChI is InChI=1S/C9H10F3N3/c1-6(14)8(9(10,11)12)15-4-2-3-7(15)5-13/h2-4,6,8H,14H2,1H3. The average Bonchev–Trinajstić information content (AvgIpc) is 2.48. The van der Waals surface area contributed by atoms with Crippen molar-refractivity contribution < 1.29 is 13.2 Å². The highest BCUT2D eigenvalue weighted by molar-refractivity contribution is 5.23. The van der Waals surface area contributed by atoms with E-state index in [-0.39, 0.29) is 5.69 Å². The minimum Gasteiger partial charge on any atom is -0.326 e. The molecule has 1 aromatic heterocycles. The lowest BCUT2D eigenvalue weighted by atomic mass is 10.1. The Kier molecular flexibility index (Phi) is 3.05. The largest absolute Gasteiger partial charge is 0.410 e. The van der Waals surface area contributed by atoms with Crippen LogP contribution in [0.15, 0.2) is 18.3 Å². The number of hydrogen-bond donors (Lipinski definition) is 1. The van der Waals surface area contributed by atoms with E-state index in [1.807, 2.05) is 0 Å². The first-order valence-electron chi connectivity index (χ1n) is 4.27. The van der Waals surface area contributed by atoms with Gasteiger partial charge >= 0.3 is 6.18 Å². The van der Waals surface area contributed by atoms with Crippen molar-refractivity contribution >= 4 is 0 Å². The van der Waals surface area contributed by atoms with Crippen LogP contribution in [0.2, 0.25) is 0 Å². The molecule has 0 aliphatic rings. The van der Waals surface area contributed by atoms with Crippen LogP contribution >= 0.6 is 0 Å². The normalized spacial score (nSPS) is 15.7. The fourth-order valence-corrected chi connectivity index (χ4v) is 1.44. The summed E-state index contributed by atoms with van der Waals surface area (Å²) in [5.41, 5.74) is 5.24. The number of nitriles is 1. The molecule has 0 bridgehead atoms. The van der Waals surface area contributed by atoms with E-state index in [1.165, 1.54) is 25.3 Å². The number of nitrogens with two attached hydrogens (primary N) is 1. The summed E-state index contributed by atoms with van der Waals surface area (Å²) >= 11 is 0. The molecule has 1 heterocycles. The fourth-order valence-electron chi connectivity index (χ4n) is 1.44. The number of alkyl halides is 3. The van der Waals surface area contributed by atoms with Gasteiger partial charge in [-0.05, 0) is 19.1 Å². The third-order valence-corrected chi connectivity index (χ3v) is 2.03. The minimum atomic E-state index is -4.46. The van der Waals surface area contributed by atoms with Crippen molar-refractivity contribution in [3.8, 4) is 6.07 Å². The Balaban J connectivity index is 3.18. The molecule has 1 rings (SSSR count). The summed E-state index contributed by atoms with van der Waals surface area (Å²) in [6.07, 6.45) is -3.25. The van der Waals surface area contributed by atoms with E-state index in [0.717, 1.165) is 4.57 Å². The maximum Gasteiger partial charge on any atom is 0.410 e. The summed E-state index contributed by atoms with van der Waals surface area (Å²) in [7, 11) is 0. The molecule has 0 aliphatic carbocycles. The molecule has 2 N–H and O–H groups in total. The van der Waals surface area contributed by atoms with Crippen LogP contribution in [0, 0.1) is 11.3 Å². The SMILES string of the molecule is CC(N)C(n1cccc1C#N)C(F)(F)F. The van der Waals surface area contributed by atoms with Gasteiger partial charge in [-0.25, -0.2) is 0 Å². The van der Waals surface area contributed by atoms with E-state index in [4.69, 9.17) is 11.0 Å². The van der Waals surface area contributed by atoms with Crippen molar-refractivity contribution in [2.24, 2.45) is 5.73 Å². The summed E-state index contributed by atoms with van der Waals surface area (Å²) in [5.74, 6) is 0. The van der Waals surface area contributed by atoms with Gasteiger partial charge in [-0.1, -0.05) is 0 Å². The first-order chi connectivity index (χ1) is 6.88. The van der Waals surface area contributed by atoms with E-state index in [9.17, 15) is 13.2 Å². The average molecular weight is 217 g/mol. The first-order valence-corrected chi connectivity index (χ1v) is 4.27. The Bertz CT molecular complexity index is 373. The van der Waals surface area contributed by atoms with Crippen molar-refractivity contribution in [1.82, 2.24) is 4.57 Å². The summed E-state index contributed by atoms with van der Waals surface area (Å²) in [4.78, 5) is 0. The summed E-state index contributed by atoms with van der Waals surface area (Å²) < 4.78 is 38.8. The van der Waals surface area contributed by atoms with Crippen LogP contribution in [0.25, 0.3) is 0 Å². The molecule has 0 fully saturated rings. The summed E-state index contributed by atoms with van der Waals surface area (Å²) in [5, 5.41) is 8.62. The van der Waals surface area contributed by atoms with Gasteiger partial charge in [0.15, 0.2) is 0 Å². The number of rotatable bonds is 2. The second-order valence-electron chi connectivity index (χ2n) is 3.26. The zero-order valence-electron chi connectivity index (χ0n) is 7.99. The van der Waals surface area contributed by atoms with Gasteiger partial charge in [0.1, 0.15) is 17.8 Å². The van der Waals surface area contributed by atoms with Gasteiger partial charge in [-0.15, -0.1) is 0 Å². The second kappa shape index (κ2) is 3.95. The van der Waals surface area contributed by atoms with Crippen LogP contribution in [0.5, 0.6) is 0 Å². The van der Waals surface area contributed by atoms with Crippen molar-refractivity contribution in [3.63, 3.8) is 0 Å². The molecule has 15 heavy (non-hydrogen) atoms. The van der Waals surface area contributed by atoms with Crippen LogP contribution in [0.4, 0.5) is 13.2 Å². The molecule has 1 aromatic rings. The van der Waals surface area contributed by atoms with Gasteiger partial charge in [0.2, 0.25) is 0 Å². The molecule has 2 unspecified atom stereocenters. The molecule has 0 aromatic carbocycles. The van der Waals surface area contributed by atoms with Gasteiger partial charge < -0.3 is 10.3 Å². The third-order valence-electron chi connectivity index (χ3n) is 2.03. The quantitative estimate of drug-likeness (QED) is 0.821. The number of aromatic nitrogens is 1. The van der Waals surface area contributed by atoms with E-state index < -0.39 is 18.3 Å². The molecule has 0 saturated heterocycles. The summed E-state index contributed by atoms with van der Waals surface area (Å²) in [6.45, 7) is 1.26. The highest BCUT2D eigenvalue weighted by Gasteiger charge is 2.43. The predicted molar refractivity (Wildman–Crippen MR) is 47.9 cm³/mol. The Labute approximate surface area is 84.9 Å². The molecule has 0 radical (unpaired) electrons. The van der Waals surface area contributed by atoms with Crippen LogP contribution in [0.3, 0.4) is 0 Å². The van der Waals surface area contributed by atoms with Crippen LogP contribution < -0.4 is 5.73 Å². The van der Waals surface area contributed by atoms with Gasteiger partial charge in [-0.3, -0.25) is 0 Å². The maximum atomic E-state index is 12.6. The number of halogens is 3. The van der Waals surface area contributed by atoms with Crippen LogP contribution in [-0.2, 0) is 0 Å². The van der Waals surface area contributed by atoms with Crippen LogP contribution in [-0.4, -0.2) is 16.8 Å². The minimum absolute atomic E-state index is 0.0466. The van der Waals surface area contributed by atoms with E-state index in [2.05, 4.69) is 0 Å². The zero-order valence-corrected chi connectivity index (χ0v) is 7.99. The lowest BCUT2D eigenvalue weighted by Crippen LogP contribution is -2.40. The molecule has 6 heteroatoms. The Morgan fingerprint density at radius 3 is 2.53 bits per heavy atom. The Morgan fingerprint density at radius 1 is 1.53 bits per heavy atom. The predicted octanol–water partition coefficient (Wildman–Crippen LogP) is 1.81. The maximum absolute atomic E-state index is 12.6. The van der Waals surface area contributed by atoms with Crippen molar-refractivity contribution in [2.45, 2.75) is 25.2 Å². The molecule has 3 nitrogen and oxygen atoms in total. The molecule has 0 saturated carbocycles. The Hall–Kier alpha value is -1.48. The second-order valence-corrected chi connectivity index (χ2v) is 3.26. The zero-order chi connectivity index (χ0) is 11.6. The van der Waals surface area contributed by atoms with Gasteiger partial charge in [0.25, 0.3) is 0 Å².